The van der Waals surface area contributed by atoms with Crippen molar-refractivity contribution in [3.8, 4) is 11.3 Å². The largest absolute Gasteiger partial charge is 0.306 e. The van der Waals surface area contributed by atoms with Gasteiger partial charge >= 0.3 is 0 Å². The molecule has 0 saturated heterocycles. The van der Waals surface area contributed by atoms with Crippen molar-refractivity contribution in [3.05, 3.63) is 84.2 Å². The Balaban J connectivity index is 1.60. The van der Waals surface area contributed by atoms with Crippen molar-refractivity contribution in [2.45, 2.75) is 18.7 Å². The SMILES string of the molecule is CC(=O)c1cccc(S(=O)(=O)Nc2ccc(-c3cn4cccc(C)c4n3)cc2)c1. The van der Waals surface area contributed by atoms with E-state index in [-0.39, 0.29) is 10.7 Å². The summed E-state index contributed by atoms with van der Waals surface area (Å²) in [6.45, 7) is 3.41. The summed E-state index contributed by atoms with van der Waals surface area (Å²) in [6, 6.07) is 17.0. The van der Waals surface area contributed by atoms with E-state index in [4.69, 9.17) is 0 Å². The number of pyridine rings is 1. The molecule has 0 aliphatic carbocycles. The number of carbonyl (C=O) groups excluding carboxylic acids is 1. The number of Topliss-reactive ketones (excluding diaryl/α,β-unsaturated/α-hetero) is 1. The first-order valence-electron chi connectivity index (χ1n) is 9.02. The molecule has 2 aromatic heterocycles. The zero-order valence-electron chi connectivity index (χ0n) is 16.0. The molecule has 146 valence electrons. The molecule has 0 aliphatic rings. The molecule has 0 fully saturated rings. The molecule has 29 heavy (non-hydrogen) atoms. The van der Waals surface area contributed by atoms with Gasteiger partial charge in [-0.05, 0) is 49.7 Å². The Hall–Kier alpha value is -3.45. The Morgan fingerprint density at radius 1 is 1.03 bits per heavy atom. The number of ketones is 1. The molecule has 0 amide bonds. The third-order valence-electron chi connectivity index (χ3n) is 4.66. The van der Waals surface area contributed by atoms with Gasteiger partial charge in [0.05, 0.1) is 10.6 Å². The molecule has 0 saturated carbocycles. The normalized spacial score (nSPS) is 11.5. The van der Waals surface area contributed by atoms with Crippen molar-refractivity contribution in [1.82, 2.24) is 9.38 Å². The maximum absolute atomic E-state index is 12.6. The van der Waals surface area contributed by atoms with Crippen molar-refractivity contribution in [1.29, 1.82) is 0 Å². The van der Waals surface area contributed by atoms with E-state index in [1.54, 1.807) is 24.3 Å². The molecule has 4 aromatic rings. The number of hydrogen-bond acceptors (Lipinski definition) is 4. The predicted molar refractivity (Wildman–Crippen MR) is 113 cm³/mol. The van der Waals surface area contributed by atoms with Gasteiger partial charge in [0.15, 0.2) is 5.78 Å². The molecular weight excluding hydrogens is 386 g/mol. The van der Waals surface area contributed by atoms with Crippen molar-refractivity contribution >= 4 is 27.1 Å². The van der Waals surface area contributed by atoms with Crippen LogP contribution in [-0.2, 0) is 10.0 Å². The Kier molecular flexibility index (Phi) is 4.68. The average molecular weight is 405 g/mol. The van der Waals surface area contributed by atoms with E-state index in [2.05, 4.69) is 9.71 Å². The average Bonchev–Trinajstić information content (AvgIpc) is 3.14. The first kappa shape index (κ1) is 18.9. The van der Waals surface area contributed by atoms with Gasteiger partial charge in [0.2, 0.25) is 0 Å². The highest BCUT2D eigenvalue weighted by Gasteiger charge is 2.16. The number of rotatable bonds is 5. The molecule has 0 spiro atoms. The lowest BCUT2D eigenvalue weighted by atomic mass is 10.1. The van der Waals surface area contributed by atoms with Crippen LogP contribution in [0.4, 0.5) is 5.69 Å². The summed E-state index contributed by atoms with van der Waals surface area (Å²) in [4.78, 5) is 16.2. The number of nitrogens with one attached hydrogen (secondary N) is 1. The lowest BCUT2D eigenvalue weighted by Crippen LogP contribution is -2.13. The van der Waals surface area contributed by atoms with Gasteiger partial charge in [0, 0.05) is 29.2 Å². The van der Waals surface area contributed by atoms with Gasteiger partial charge in [-0.25, -0.2) is 13.4 Å². The van der Waals surface area contributed by atoms with Crippen LogP contribution in [0.1, 0.15) is 22.8 Å². The number of aromatic nitrogens is 2. The number of nitrogens with zero attached hydrogens (tertiary/aromatic N) is 2. The molecule has 0 bridgehead atoms. The molecule has 2 aromatic carbocycles. The second-order valence-corrected chi connectivity index (χ2v) is 8.50. The Morgan fingerprint density at radius 2 is 1.79 bits per heavy atom. The maximum Gasteiger partial charge on any atom is 0.261 e. The molecule has 6 nitrogen and oxygen atoms in total. The predicted octanol–water partition coefficient (Wildman–Crippen LogP) is 4.31. The van der Waals surface area contributed by atoms with Gasteiger partial charge in [-0.15, -0.1) is 0 Å². The zero-order valence-corrected chi connectivity index (χ0v) is 16.8. The molecule has 4 rings (SSSR count). The lowest BCUT2D eigenvalue weighted by molar-refractivity contribution is 0.101. The number of aryl methyl sites for hydroxylation is 1. The fourth-order valence-electron chi connectivity index (χ4n) is 3.10. The first-order valence-corrected chi connectivity index (χ1v) is 10.5. The number of hydrogen-bond donors (Lipinski definition) is 1. The third kappa shape index (κ3) is 3.77. The standard InChI is InChI=1S/C22H19N3O3S/c1-15-5-4-12-25-14-21(23-22(15)25)17-8-10-19(11-9-17)24-29(27,28)20-7-3-6-18(13-20)16(2)26/h3-14,24H,1-2H3. The van der Waals surface area contributed by atoms with Crippen LogP contribution in [0.15, 0.2) is 78.0 Å². The molecule has 7 heteroatoms. The van der Waals surface area contributed by atoms with E-state index in [0.717, 1.165) is 22.5 Å². The summed E-state index contributed by atoms with van der Waals surface area (Å²) in [5, 5.41) is 0. The Morgan fingerprint density at radius 3 is 2.48 bits per heavy atom. The third-order valence-corrected chi connectivity index (χ3v) is 6.04. The quantitative estimate of drug-likeness (QED) is 0.502. The van der Waals surface area contributed by atoms with Crippen LogP contribution >= 0.6 is 0 Å². The van der Waals surface area contributed by atoms with Gasteiger partial charge in [0.1, 0.15) is 5.65 Å². The summed E-state index contributed by atoms with van der Waals surface area (Å²) in [6.07, 6.45) is 3.88. The van der Waals surface area contributed by atoms with Gasteiger partial charge in [0.25, 0.3) is 10.0 Å². The smallest absolute Gasteiger partial charge is 0.261 e. The second-order valence-electron chi connectivity index (χ2n) is 6.82. The van der Waals surface area contributed by atoms with Crippen LogP contribution in [0.25, 0.3) is 16.9 Å². The van der Waals surface area contributed by atoms with Crippen LogP contribution in [0.5, 0.6) is 0 Å². The van der Waals surface area contributed by atoms with E-state index in [1.807, 2.05) is 48.0 Å². The summed E-state index contributed by atoms with van der Waals surface area (Å²) in [7, 11) is -3.79. The Bertz CT molecular complexity index is 1320. The maximum atomic E-state index is 12.6. The van der Waals surface area contributed by atoms with Crippen LogP contribution < -0.4 is 4.72 Å². The topological polar surface area (TPSA) is 80.5 Å². The van der Waals surface area contributed by atoms with Gasteiger partial charge in [-0.2, -0.15) is 0 Å². The monoisotopic (exact) mass is 405 g/mol. The lowest BCUT2D eigenvalue weighted by Gasteiger charge is -2.09. The van der Waals surface area contributed by atoms with Crippen LogP contribution in [0.3, 0.4) is 0 Å². The molecule has 1 N–H and O–H groups in total. The number of anilines is 1. The summed E-state index contributed by atoms with van der Waals surface area (Å²) in [5.41, 5.74) is 4.44. The molecule has 0 unspecified atom stereocenters. The highest BCUT2D eigenvalue weighted by Crippen LogP contribution is 2.24. The highest BCUT2D eigenvalue weighted by molar-refractivity contribution is 7.92. The van der Waals surface area contributed by atoms with Crippen LogP contribution in [0.2, 0.25) is 0 Å². The second kappa shape index (κ2) is 7.18. The first-order chi connectivity index (χ1) is 13.8. The van der Waals surface area contributed by atoms with Gasteiger partial charge in [-0.1, -0.05) is 30.3 Å². The minimum absolute atomic E-state index is 0.0464. The molecule has 2 heterocycles. The van der Waals surface area contributed by atoms with E-state index >= 15 is 0 Å². The number of imidazole rings is 1. The van der Waals surface area contributed by atoms with Gasteiger partial charge < -0.3 is 4.40 Å². The number of sulfonamides is 1. The van der Waals surface area contributed by atoms with Crippen molar-refractivity contribution in [3.63, 3.8) is 0 Å². The minimum atomic E-state index is -3.79. The number of carbonyl (C=O) groups is 1. The van der Waals surface area contributed by atoms with E-state index in [0.29, 0.717) is 11.3 Å². The van der Waals surface area contributed by atoms with Crippen LogP contribution in [-0.4, -0.2) is 23.6 Å². The summed E-state index contributed by atoms with van der Waals surface area (Å²) < 4.78 is 29.8. The van der Waals surface area contributed by atoms with Crippen molar-refractivity contribution in [2.24, 2.45) is 0 Å². The fourth-order valence-corrected chi connectivity index (χ4v) is 4.20. The van der Waals surface area contributed by atoms with E-state index < -0.39 is 10.0 Å². The molecule has 0 aliphatic heterocycles. The van der Waals surface area contributed by atoms with Gasteiger partial charge in [-0.3, -0.25) is 9.52 Å². The van der Waals surface area contributed by atoms with Crippen molar-refractivity contribution in [2.75, 3.05) is 4.72 Å². The minimum Gasteiger partial charge on any atom is -0.306 e. The molecule has 0 radical (unpaired) electrons. The zero-order chi connectivity index (χ0) is 20.6. The summed E-state index contributed by atoms with van der Waals surface area (Å²) in [5.74, 6) is -0.186. The number of fused-ring (bicyclic) bond motifs is 1. The van der Waals surface area contributed by atoms with Crippen molar-refractivity contribution < 1.29 is 13.2 Å². The Labute approximate surface area is 168 Å². The highest BCUT2D eigenvalue weighted by atomic mass is 32.2. The fraction of sp³-hybridized carbons (Fsp3) is 0.0909. The number of benzene rings is 2. The molecular formula is C22H19N3O3S. The van der Waals surface area contributed by atoms with E-state index in [9.17, 15) is 13.2 Å². The summed E-state index contributed by atoms with van der Waals surface area (Å²) >= 11 is 0. The molecule has 0 atom stereocenters. The van der Waals surface area contributed by atoms with Crippen LogP contribution in [0, 0.1) is 6.92 Å². The van der Waals surface area contributed by atoms with E-state index in [1.165, 1.54) is 19.1 Å².